The Hall–Kier alpha value is -2.85. The van der Waals surface area contributed by atoms with Gasteiger partial charge in [0.25, 0.3) is 5.91 Å². The molecule has 1 heterocycles. The lowest BCUT2D eigenvalue weighted by Crippen LogP contribution is -2.51. The van der Waals surface area contributed by atoms with Gasteiger partial charge in [-0.3, -0.25) is 4.79 Å². The molecule has 1 aliphatic heterocycles. The Morgan fingerprint density at radius 3 is 2.22 bits per heavy atom. The molecule has 10 heteroatoms. The first-order valence-electron chi connectivity index (χ1n) is 10.1. The standard InChI is InChI=1S/C22H24F2N2O5S/c1-16(27)2-3-17-4-6-18(7-5-17)31-15-22(28)25-10-12-26(13-11-25)32(29,30)19-8-9-20(23)21(24)14-19/h4-9,14H,2-3,10-13,15H2,1H3. The number of amides is 1. The lowest BCUT2D eigenvalue weighted by Gasteiger charge is -2.34. The van der Waals surface area contributed by atoms with Gasteiger partial charge in [-0.15, -0.1) is 0 Å². The third-order valence-corrected chi connectivity index (χ3v) is 7.07. The largest absolute Gasteiger partial charge is 0.484 e. The van der Waals surface area contributed by atoms with Crippen LogP contribution >= 0.6 is 0 Å². The third-order valence-electron chi connectivity index (χ3n) is 5.17. The molecule has 0 saturated carbocycles. The fourth-order valence-electron chi connectivity index (χ4n) is 3.27. The molecule has 3 rings (SSSR count). The number of nitrogens with zero attached hydrogens (tertiary/aromatic N) is 2. The monoisotopic (exact) mass is 466 g/mol. The molecule has 0 atom stereocenters. The van der Waals surface area contributed by atoms with Crippen LogP contribution in [0.4, 0.5) is 8.78 Å². The van der Waals surface area contributed by atoms with E-state index in [9.17, 15) is 26.8 Å². The highest BCUT2D eigenvalue weighted by molar-refractivity contribution is 7.89. The summed E-state index contributed by atoms with van der Waals surface area (Å²) in [6.45, 7) is 1.75. The van der Waals surface area contributed by atoms with Gasteiger partial charge in [0.1, 0.15) is 11.5 Å². The van der Waals surface area contributed by atoms with E-state index in [1.54, 1.807) is 19.1 Å². The molecule has 1 aliphatic rings. The van der Waals surface area contributed by atoms with E-state index in [0.717, 1.165) is 22.0 Å². The molecule has 0 spiro atoms. The summed E-state index contributed by atoms with van der Waals surface area (Å²) >= 11 is 0. The maximum Gasteiger partial charge on any atom is 0.260 e. The summed E-state index contributed by atoms with van der Waals surface area (Å²) in [5, 5.41) is 0. The number of carbonyl (C=O) groups is 2. The summed E-state index contributed by atoms with van der Waals surface area (Å²) < 4.78 is 58.5. The molecule has 2 aromatic rings. The summed E-state index contributed by atoms with van der Waals surface area (Å²) in [5.41, 5.74) is 0.997. The van der Waals surface area contributed by atoms with Gasteiger partial charge in [-0.1, -0.05) is 12.1 Å². The van der Waals surface area contributed by atoms with Crippen LogP contribution in [-0.4, -0.2) is 62.1 Å². The maximum absolute atomic E-state index is 13.4. The average molecular weight is 467 g/mol. The quantitative estimate of drug-likeness (QED) is 0.597. The van der Waals surface area contributed by atoms with Gasteiger partial charge < -0.3 is 14.4 Å². The molecule has 0 N–H and O–H groups in total. The zero-order valence-corrected chi connectivity index (χ0v) is 18.4. The minimum Gasteiger partial charge on any atom is -0.484 e. The SMILES string of the molecule is CC(=O)CCc1ccc(OCC(=O)N2CCN(S(=O)(=O)c3ccc(F)c(F)c3)CC2)cc1. The van der Waals surface area contributed by atoms with Gasteiger partial charge in [0, 0.05) is 32.6 Å². The van der Waals surface area contributed by atoms with Crippen molar-refractivity contribution in [3.8, 4) is 5.75 Å². The molecule has 1 saturated heterocycles. The van der Waals surface area contributed by atoms with Crippen molar-refractivity contribution in [2.45, 2.75) is 24.7 Å². The zero-order chi connectivity index (χ0) is 23.3. The first-order valence-corrected chi connectivity index (χ1v) is 11.5. The molecule has 0 aliphatic carbocycles. The molecule has 7 nitrogen and oxygen atoms in total. The number of Topliss-reactive ketones (excluding diaryl/α,β-unsaturated/α-hetero) is 1. The van der Waals surface area contributed by atoms with Gasteiger partial charge in [-0.05, 0) is 49.2 Å². The second kappa shape index (κ2) is 10.2. The predicted molar refractivity (Wildman–Crippen MR) is 113 cm³/mol. The number of hydrogen-bond acceptors (Lipinski definition) is 5. The smallest absolute Gasteiger partial charge is 0.260 e. The second-order valence-electron chi connectivity index (χ2n) is 7.50. The first-order chi connectivity index (χ1) is 15.2. The Morgan fingerprint density at radius 1 is 0.969 bits per heavy atom. The summed E-state index contributed by atoms with van der Waals surface area (Å²) in [6.07, 6.45) is 1.11. The molecule has 172 valence electrons. The van der Waals surface area contributed by atoms with Crippen LogP contribution in [0.5, 0.6) is 5.75 Å². The summed E-state index contributed by atoms with van der Waals surface area (Å²) in [6, 6.07) is 9.58. The van der Waals surface area contributed by atoms with Crippen LogP contribution in [0, 0.1) is 11.6 Å². The highest BCUT2D eigenvalue weighted by Crippen LogP contribution is 2.20. The van der Waals surface area contributed by atoms with E-state index in [1.807, 2.05) is 12.1 Å². The van der Waals surface area contributed by atoms with E-state index in [2.05, 4.69) is 0 Å². The lowest BCUT2D eigenvalue weighted by atomic mass is 10.1. The second-order valence-corrected chi connectivity index (χ2v) is 9.43. The Balaban J connectivity index is 1.50. The molecule has 32 heavy (non-hydrogen) atoms. The topological polar surface area (TPSA) is 84.0 Å². The van der Waals surface area contributed by atoms with Gasteiger partial charge in [-0.25, -0.2) is 17.2 Å². The zero-order valence-electron chi connectivity index (χ0n) is 17.6. The molecule has 0 radical (unpaired) electrons. The number of carbonyl (C=O) groups excluding carboxylic acids is 2. The number of sulfonamides is 1. The van der Waals surface area contributed by atoms with Crippen molar-refractivity contribution in [2.75, 3.05) is 32.8 Å². The fourth-order valence-corrected chi connectivity index (χ4v) is 4.71. The number of aryl methyl sites for hydroxylation is 1. The Bertz CT molecular complexity index is 1080. The van der Waals surface area contributed by atoms with Crippen molar-refractivity contribution in [2.24, 2.45) is 0 Å². The van der Waals surface area contributed by atoms with Crippen molar-refractivity contribution >= 4 is 21.7 Å². The molecule has 1 amide bonds. The number of rotatable bonds is 8. The normalized spacial score (nSPS) is 14.9. The van der Waals surface area contributed by atoms with Crippen molar-refractivity contribution < 1.29 is 31.5 Å². The van der Waals surface area contributed by atoms with Crippen LogP contribution in [0.15, 0.2) is 47.4 Å². The van der Waals surface area contributed by atoms with Gasteiger partial charge in [-0.2, -0.15) is 4.31 Å². The van der Waals surface area contributed by atoms with Crippen molar-refractivity contribution in [3.63, 3.8) is 0 Å². The Labute approximate surface area is 185 Å². The molecule has 0 unspecified atom stereocenters. The third kappa shape index (κ3) is 5.89. The highest BCUT2D eigenvalue weighted by atomic mass is 32.2. The summed E-state index contributed by atoms with van der Waals surface area (Å²) in [7, 11) is -3.98. The number of ether oxygens (including phenoxy) is 1. The number of ketones is 1. The van der Waals surface area contributed by atoms with Crippen molar-refractivity contribution in [3.05, 3.63) is 59.7 Å². The maximum atomic E-state index is 13.4. The van der Waals surface area contributed by atoms with Gasteiger partial charge in [0.05, 0.1) is 4.90 Å². The van der Waals surface area contributed by atoms with E-state index < -0.39 is 21.7 Å². The van der Waals surface area contributed by atoms with Crippen molar-refractivity contribution in [1.82, 2.24) is 9.21 Å². The van der Waals surface area contributed by atoms with Gasteiger partial charge in [0.2, 0.25) is 10.0 Å². The van der Waals surface area contributed by atoms with E-state index in [1.165, 1.54) is 4.90 Å². The van der Waals surface area contributed by atoms with Crippen LogP contribution in [0.2, 0.25) is 0 Å². The van der Waals surface area contributed by atoms with Crippen LogP contribution in [0.1, 0.15) is 18.9 Å². The predicted octanol–water partition coefficient (Wildman–Crippen LogP) is 2.40. The van der Waals surface area contributed by atoms with Gasteiger partial charge in [0.15, 0.2) is 18.2 Å². The van der Waals surface area contributed by atoms with Crippen LogP contribution in [0.3, 0.4) is 0 Å². The first kappa shape index (κ1) is 23.8. The molecule has 1 fully saturated rings. The van der Waals surface area contributed by atoms with Gasteiger partial charge >= 0.3 is 0 Å². The van der Waals surface area contributed by atoms with Crippen LogP contribution in [-0.2, 0) is 26.0 Å². The number of piperazine rings is 1. The van der Waals surface area contributed by atoms with Crippen molar-refractivity contribution in [1.29, 1.82) is 0 Å². The minimum absolute atomic E-state index is 0.0396. The number of halogens is 2. The van der Waals surface area contributed by atoms with E-state index in [0.29, 0.717) is 24.7 Å². The minimum atomic E-state index is -3.98. The molecular weight excluding hydrogens is 442 g/mol. The summed E-state index contributed by atoms with van der Waals surface area (Å²) in [4.78, 5) is 24.7. The Kier molecular flexibility index (Phi) is 7.57. The number of benzene rings is 2. The Morgan fingerprint density at radius 2 is 1.62 bits per heavy atom. The van der Waals surface area contributed by atoms with E-state index in [-0.39, 0.29) is 49.4 Å². The van der Waals surface area contributed by atoms with E-state index >= 15 is 0 Å². The summed E-state index contributed by atoms with van der Waals surface area (Å²) in [5.74, 6) is -2.00. The fraction of sp³-hybridized carbons (Fsp3) is 0.364. The van der Waals surface area contributed by atoms with E-state index in [4.69, 9.17) is 4.74 Å². The number of hydrogen-bond donors (Lipinski definition) is 0. The van der Waals surface area contributed by atoms with Crippen LogP contribution in [0.25, 0.3) is 0 Å². The molecule has 0 bridgehead atoms. The highest BCUT2D eigenvalue weighted by Gasteiger charge is 2.30. The molecular formula is C22H24F2N2O5S. The average Bonchev–Trinajstić information content (AvgIpc) is 2.78. The molecule has 0 aromatic heterocycles. The van der Waals surface area contributed by atoms with Crippen LogP contribution < -0.4 is 4.74 Å². The lowest BCUT2D eigenvalue weighted by molar-refractivity contribution is -0.134. The molecule has 2 aromatic carbocycles.